The van der Waals surface area contributed by atoms with Gasteiger partial charge in [0.1, 0.15) is 0 Å². The van der Waals surface area contributed by atoms with Crippen molar-refractivity contribution >= 4 is 53.5 Å². The SMILES string of the molecule is CCC(Cl)CNS(=O)(=O)c1cc(Br)c(C)cc1Br. The summed E-state index contributed by atoms with van der Waals surface area (Å²) >= 11 is 12.5. The lowest BCUT2D eigenvalue weighted by atomic mass is 10.2. The van der Waals surface area contributed by atoms with Crippen LogP contribution in [-0.4, -0.2) is 20.3 Å². The fraction of sp³-hybridized carbons (Fsp3) is 0.455. The van der Waals surface area contributed by atoms with Crippen LogP contribution in [0.1, 0.15) is 18.9 Å². The molecule has 0 heterocycles. The topological polar surface area (TPSA) is 46.2 Å². The molecule has 0 saturated carbocycles. The van der Waals surface area contributed by atoms with Crippen LogP contribution in [0.2, 0.25) is 0 Å². The maximum Gasteiger partial charge on any atom is 0.241 e. The third kappa shape index (κ3) is 4.20. The van der Waals surface area contributed by atoms with Crippen molar-refractivity contribution < 1.29 is 8.42 Å². The van der Waals surface area contributed by atoms with Crippen LogP contribution in [0.3, 0.4) is 0 Å². The molecule has 1 N–H and O–H groups in total. The van der Waals surface area contributed by atoms with E-state index in [9.17, 15) is 8.42 Å². The minimum absolute atomic E-state index is 0.201. The molecule has 102 valence electrons. The van der Waals surface area contributed by atoms with Crippen LogP contribution in [0.4, 0.5) is 0 Å². The standard InChI is InChI=1S/C11H14Br2ClNO2S/c1-3-8(14)6-15-18(16,17)11-5-9(12)7(2)4-10(11)13/h4-5,8,15H,3,6H2,1-2H3. The number of benzene rings is 1. The van der Waals surface area contributed by atoms with Crippen molar-refractivity contribution in [2.24, 2.45) is 0 Å². The van der Waals surface area contributed by atoms with Gasteiger partial charge in [0.05, 0.1) is 4.90 Å². The second-order valence-corrected chi connectivity index (χ2v) is 7.95. The van der Waals surface area contributed by atoms with E-state index in [1.807, 2.05) is 13.8 Å². The number of rotatable bonds is 5. The van der Waals surface area contributed by atoms with Crippen molar-refractivity contribution in [3.05, 3.63) is 26.6 Å². The van der Waals surface area contributed by atoms with E-state index < -0.39 is 10.0 Å². The maximum atomic E-state index is 12.1. The summed E-state index contributed by atoms with van der Waals surface area (Å²) in [7, 11) is -3.55. The molecule has 0 aromatic heterocycles. The summed E-state index contributed by atoms with van der Waals surface area (Å²) in [6, 6.07) is 3.34. The Morgan fingerprint density at radius 2 is 1.94 bits per heavy atom. The number of nitrogens with one attached hydrogen (secondary N) is 1. The smallest absolute Gasteiger partial charge is 0.210 e. The molecule has 0 fully saturated rings. The fourth-order valence-electron chi connectivity index (χ4n) is 1.26. The Bertz CT molecular complexity index is 534. The highest BCUT2D eigenvalue weighted by atomic mass is 79.9. The van der Waals surface area contributed by atoms with Gasteiger partial charge in [-0.25, -0.2) is 13.1 Å². The van der Waals surface area contributed by atoms with E-state index in [0.717, 1.165) is 10.0 Å². The minimum atomic E-state index is -3.55. The van der Waals surface area contributed by atoms with Gasteiger partial charge in [-0.1, -0.05) is 22.9 Å². The van der Waals surface area contributed by atoms with Crippen LogP contribution >= 0.6 is 43.5 Å². The molecule has 1 rings (SSSR count). The molecule has 0 bridgehead atoms. The maximum absolute atomic E-state index is 12.1. The third-order valence-electron chi connectivity index (χ3n) is 2.44. The van der Waals surface area contributed by atoms with Crippen molar-refractivity contribution in [2.75, 3.05) is 6.54 Å². The summed E-state index contributed by atoms with van der Waals surface area (Å²) in [4.78, 5) is 0.208. The van der Waals surface area contributed by atoms with Crippen LogP contribution in [0.25, 0.3) is 0 Å². The minimum Gasteiger partial charge on any atom is -0.210 e. The number of hydrogen-bond acceptors (Lipinski definition) is 2. The predicted molar refractivity (Wildman–Crippen MR) is 81.7 cm³/mol. The molecular formula is C11H14Br2ClNO2S. The Morgan fingerprint density at radius 1 is 1.33 bits per heavy atom. The van der Waals surface area contributed by atoms with Gasteiger partial charge in [-0.3, -0.25) is 0 Å². The Hall–Kier alpha value is 0.380. The first-order chi connectivity index (χ1) is 8.27. The van der Waals surface area contributed by atoms with Crippen molar-refractivity contribution in [3.8, 4) is 0 Å². The highest BCUT2D eigenvalue weighted by Crippen LogP contribution is 2.28. The Balaban J connectivity index is 3.02. The molecule has 0 spiro atoms. The van der Waals surface area contributed by atoms with Gasteiger partial charge in [0, 0.05) is 20.9 Å². The van der Waals surface area contributed by atoms with E-state index in [2.05, 4.69) is 36.6 Å². The van der Waals surface area contributed by atoms with Gasteiger partial charge in [0.25, 0.3) is 0 Å². The van der Waals surface area contributed by atoms with Gasteiger partial charge in [0.15, 0.2) is 0 Å². The molecule has 3 nitrogen and oxygen atoms in total. The zero-order chi connectivity index (χ0) is 13.9. The first-order valence-corrected chi connectivity index (χ1v) is 8.88. The largest absolute Gasteiger partial charge is 0.241 e. The van der Waals surface area contributed by atoms with E-state index in [-0.39, 0.29) is 16.8 Å². The van der Waals surface area contributed by atoms with Crippen LogP contribution in [0.15, 0.2) is 26.0 Å². The zero-order valence-electron chi connectivity index (χ0n) is 10.0. The molecule has 0 amide bonds. The number of aryl methyl sites for hydroxylation is 1. The monoisotopic (exact) mass is 417 g/mol. The van der Waals surface area contributed by atoms with Gasteiger partial charge in [-0.2, -0.15) is 0 Å². The molecule has 0 radical (unpaired) electrons. The third-order valence-corrected chi connectivity index (χ3v) is 6.14. The fourth-order valence-corrected chi connectivity index (χ4v) is 4.18. The molecule has 0 aliphatic heterocycles. The first-order valence-electron chi connectivity index (χ1n) is 5.37. The van der Waals surface area contributed by atoms with Gasteiger partial charge in [-0.15, -0.1) is 11.6 Å². The van der Waals surface area contributed by atoms with Crippen LogP contribution in [0, 0.1) is 6.92 Å². The molecule has 1 aromatic rings. The second kappa shape index (κ2) is 6.70. The molecule has 1 aromatic carbocycles. The van der Waals surface area contributed by atoms with Crippen LogP contribution in [0.5, 0.6) is 0 Å². The highest BCUT2D eigenvalue weighted by Gasteiger charge is 2.19. The molecule has 0 aliphatic rings. The molecule has 7 heteroatoms. The van der Waals surface area contributed by atoms with Crippen LogP contribution < -0.4 is 4.72 Å². The highest BCUT2D eigenvalue weighted by molar-refractivity contribution is 9.11. The number of sulfonamides is 1. The van der Waals surface area contributed by atoms with Crippen molar-refractivity contribution in [3.63, 3.8) is 0 Å². The summed E-state index contributed by atoms with van der Waals surface area (Å²) in [5.74, 6) is 0. The van der Waals surface area contributed by atoms with Crippen molar-refractivity contribution in [2.45, 2.75) is 30.5 Å². The molecule has 1 unspecified atom stereocenters. The molecule has 0 aliphatic carbocycles. The van der Waals surface area contributed by atoms with Gasteiger partial charge in [0.2, 0.25) is 10.0 Å². The number of alkyl halides is 1. The van der Waals surface area contributed by atoms with Gasteiger partial charge >= 0.3 is 0 Å². The molecule has 18 heavy (non-hydrogen) atoms. The van der Waals surface area contributed by atoms with E-state index in [1.54, 1.807) is 12.1 Å². The summed E-state index contributed by atoms with van der Waals surface area (Å²) in [5.41, 5.74) is 0.963. The predicted octanol–water partition coefficient (Wildman–Crippen LogP) is 3.82. The van der Waals surface area contributed by atoms with E-state index in [0.29, 0.717) is 10.9 Å². The number of halogens is 3. The Kier molecular flexibility index (Phi) is 6.12. The molecule has 1 atom stereocenters. The summed E-state index contributed by atoms with van der Waals surface area (Å²) in [5, 5.41) is -0.201. The lowest BCUT2D eigenvalue weighted by Gasteiger charge is -2.12. The van der Waals surface area contributed by atoms with E-state index >= 15 is 0 Å². The Labute approximate surface area is 130 Å². The molecule has 0 saturated heterocycles. The van der Waals surface area contributed by atoms with Crippen molar-refractivity contribution in [1.29, 1.82) is 0 Å². The first kappa shape index (κ1) is 16.4. The molecular weight excluding hydrogens is 405 g/mol. The summed E-state index contributed by atoms with van der Waals surface area (Å²) in [6.07, 6.45) is 0.711. The average molecular weight is 420 g/mol. The van der Waals surface area contributed by atoms with E-state index in [4.69, 9.17) is 11.6 Å². The quantitative estimate of drug-likeness (QED) is 0.738. The summed E-state index contributed by atoms with van der Waals surface area (Å²) in [6.45, 7) is 4.02. The van der Waals surface area contributed by atoms with Crippen molar-refractivity contribution in [1.82, 2.24) is 4.72 Å². The zero-order valence-corrected chi connectivity index (χ0v) is 14.7. The van der Waals surface area contributed by atoms with Gasteiger partial charge < -0.3 is 0 Å². The lowest BCUT2D eigenvalue weighted by Crippen LogP contribution is -2.29. The summed E-state index contributed by atoms with van der Waals surface area (Å²) < 4.78 is 28.0. The average Bonchev–Trinajstić information content (AvgIpc) is 2.30. The van der Waals surface area contributed by atoms with Gasteiger partial charge in [-0.05, 0) is 47.0 Å². The normalized spacial score (nSPS) is 13.6. The van der Waals surface area contributed by atoms with E-state index in [1.165, 1.54) is 0 Å². The lowest BCUT2D eigenvalue weighted by molar-refractivity contribution is 0.578. The second-order valence-electron chi connectivity index (χ2n) is 3.89. The number of hydrogen-bond donors (Lipinski definition) is 1. The van der Waals surface area contributed by atoms with Crippen LogP contribution in [-0.2, 0) is 10.0 Å². The Morgan fingerprint density at radius 3 is 2.50 bits per heavy atom.